The van der Waals surface area contributed by atoms with Crippen molar-refractivity contribution >= 4 is 21.6 Å². The average molecular weight is 298 g/mol. The summed E-state index contributed by atoms with van der Waals surface area (Å²) in [4.78, 5) is 13.2. The molecule has 1 amide bonds. The number of likely N-dealkylation sites (N-methyl/N-ethyl adjacent to an activating group) is 1. The molecule has 0 saturated heterocycles. The highest BCUT2D eigenvalue weighted by Gasteiger charge is 2.26. The van der Waals surface area contributed by atoms with Crippen LogP contribution < -0.4 is 9.62 Å². The van der Waals surface area contributed by atoms with Crippen molar-refractivity contribution < 1.29 is 18.3 Å². The Balaban J connectivity index is 2.31. The lowest BCUT2D eigenvalue weighted by atomic mass is 10.2. The first kappa shape index (κ1) is 15.0. The number of sulfonamides is 1. The van der Waals surface area contributed by atoms with Crippen molar-refractivity contribution in [1.29, 1.82) is 0 Å². The SMILES string of the molecule is CCC(CO)NS(=O)(=O)c1ccc2c(c1)CC(=O)N2C. The lowest BCUT2D eigenvalue weighted by Gasteiger charge is -2.15. The Morgan fingerprint density at radius 3 is 2.75 bits per heavy atom. The molecule has 0 fully saturated rings. The number of carbonyl (C=O) groups excluding carboxylic acids is 1. The van der Waals surface area contributed by atoms with Gasteiger partial charge in [-0.1, -0.05) is 6.92 Å². The van der Waals surface area contributed by atoms with Gasteiger partial charge in [-0.25, -0.2) is 13.1 Å². The molecule has 2 rings (SSSR count). The topological polar surface area (TPSA) is 86.7 Å². The lowest BCUT2D eigenvalue weighted by Crippen LogP contribution is -2.36. The zero-order valence-electron chi connectivity index (χ0n) is 11.5. The second-order valence-corrected chi connectivity index (χ2v) is 6.54. The number of aliphatic hydroxyl groups is 1. The highest BCUT2D eigenvalue weighted by molar-refractivity contribution is 7.89. The monoisotopic (exact) mass is 298 g/mol. The summed E-state index contributed by atoms with van der Waals surface area (Å²) in [5.74, 6) is -0.0516. The molecule has 1 atom stereocenters. The molecule has 1 aromatic rings. The van der Waals surface area contributed by atoms with Crippen molar-refractivity contribution in [3.8, 4) is 0 Å². The lowest BCUT2D eigenvalue weighted by molar-refractivity contribution is -0.117. The van der Waals surface area contributed by atoms with Crippen LogP contribution in [0.15, 0.2) is 23.1 Å². The molecule has 0 saturated carbocycles. The molecule has 0 bridgehead atoms. The zero-order valence-corrected chi connectivity index (χ0v) is 12.3. The molecule has 6 nitrogen and oxygen atoms in total. The second-order valence-electron chi connectivity index (χ2n) is 4.83. The highest BCUT2D eigenvalue weighted by Crippen LogP contribution is 2.29. The van der Waals surface area contributed by atoms with Crippen molar-refractivity contribution in [2.45, 2.75) is 30.7 Å². The number of rotatable bonds is 5. The third kappa shape index (κ3) is 2.70. The molecule has 20 heavy (non-hydrogen) atoms. The number of fused-ring (bicyclic) bond motifs is 1. The summed E-state index contributed by atoms with van der Waals surface area (Å²) >= 11 is 0. The fraction of sp³-hybridized carbons (Fsp3) is 0.462. The number of hydrogen-bond acceptors (Lipinski definition) is 4. The van der Waals surface area contributed by atoms with Gasteiger partial charge in [0.2, 0.25) is 15.9 Å². The van der Waals surface area contributed by atoms with Gasteiger partial charge in [-0.2, -0.15) is 0 Å². The molecule has 1 aliphatic rings. The number of nitrogens with one attached hydrogen (secondary N) is 1. The maximum atomic E-state index is 12.2. The van der Waals surface area contributed by atoms with E-state index in [1.165, 1.54) is 17.0 Å². The number of carbonyl (C=O) groups is 1. The van der Waals surface area contributed by atoms with Gasteiger partial charge in [0.15, 0.2) is 0 Å². The molecule has 1 heterocycles. The van der Waals surface area contributed by atoms with E-state index in [9.17, 15) is 13.2 Å². The van der Waals surface area contributed by atoms with Gasteiger partial charge in [-0.15, -0.1) is 0 Å². The number of benzene rings is 1. The van der Waals surface area contributed by atoms with E-state index in [0.717, 1.165) is 5.69 Å². The molecular weight excluding hydrogens is 280 g/mol. The minimum atomic E-state index is -3.68. The Kier molecular flexibility index (Phi) is 4.12. The van der Waals surface area contributed by atoms with Crippen molar-refractivity contribution in [3.63, 3.8) is 0 Å². The Morgan fingerprint density at radius 2 is 2.15 bits per heavy atom. The van der Waals surface area contributed by atoms with E-state index in [4.69, 9.17) is 5.11 Å². The van der Waals surface area contributed by atoms with Gasteiger partial charge in [0, 0.05) is 18.8 Å². The third-order valence-corrected chi connectivity index (χ3v) is 4.99. The molecule has 0 radical (unpaired) electrons. The first-order chi connectivity index (χ1) is 9.39. The van der Waals surface area contributed by atoms with Gasteiger partial charge in [0.25, 0.3) is 0 Å². The maximum Gasteiger partial charge on any atom is 0.240 e. The van der Waals surface area contributed by atoms with Crippen LogP contribution >= 0.6 is 0 Å². The first-order valence-electron chi connectivity index (χ1n) is 6.41. The number of aliphatic hydroxyl groups excluding tert-OH is 1. The minimum absolute atomic E-state index is 0.0516. The Bertz CT molecular complexity index is 623. The minimum Gasteiger partial charge on any atom is -0.395 e. The molecular formula is C13H18N2O4S. The van der Waals surface area contributed by atoms with Crippen LogP contribution in [0.5, 0.6) is 0 Å². The third-order valence-electron chi connectivity index (χ3n) is 3.47. The summed E-state index contributed by atoms with van der Waals surface area (Å²) < 4.78 is 26.9. The zero-order chi connectivity index (χ0) is 14.9. The van der Waals surface area contributed by atoms with Crippen LogP contribution in [0.1, 0.15) is 18.9 Å². The fourth-order valence-corrected chi connectivity index (χ4v) is 3.51. The Morgan fingerprint density at radius 1 is 1.45 bits per heavy atom. The molecule has 0 aromatic heterocycles. The van der Waals surface area contributed by atoms with E-state index in [1.807, 2.05) is 0 Å². The van der Waals surface area contributed by atoms with Crippen LogP contribution in [-0.2, 0) is 21.2 Å². The number of hydrogen-bond donors (Lipinski definition) is 2. The maximum absolute atomic E-state index is 12.2. The van der Waals surface area contributed by atoms with E-state index >= 15 is 0 Å². The van der Waals surface area contributed by atoms with Gasteiger partial charge >= 0.3 is 0 Å². The van der Waals surface area contributed by atoms with E-state index in [0.29, 0.717) is 12.0 Å². The van der Waals surface area contributed by atoms with E-state index in [2.05, 4.69) is 4.72 Å². The summed E-state index contributed by atoms with van der Waals surface area (Å²) in [5.41, 5.74) is 1.44. The fourth-order valence-electron chi connectivity index (χ4n) is 2.15. The molecule has 1 aromatic carbocycles. The smallest absolute Gasteiger partial charge is 0.240 e. The van der Waals surface area contributed by atoms with Crippen molar-refractivity contribution in [1.82, 2.24) is 4.72 Å². The van der Waals surface area contributed by atoms with E-state index in [-0.39, 0.29) is 23.8 Å². The number of nitrogens with zero attached hydrogens (tertiary/aromatic N) is 1. The van der Waals surface area contributed by atoms with Crippen LogP contribution in [0.25, 0.3) is 0 Å². The predicted molar refractivity (Wildman–Crippen MR) is 75.0 cm³/mol. The normalized spacial score (nSPS) is 16.4. The van der Waals surface area contributed by atoms with Gasteiger partial charge in [0.05, 0.1) is 17.9 Å². The van der Waals surface area contributed by atoms with Gasteiger partial charge in [0.1, 0.15) is 0 Å². The first-order valence-corrected chi connectivity index (χ1v) is 7.90. The van der Waals surface area contributed by atoms with Crippen LogP contribution in [0.3, 0.4) is 0 Å². The molecule has 2 N–H and O–H groups in total. The number of anilines is 1. The predicted octanol–water partition coefficient (Wildman–Crippen LogP) is 0.255. The van der Waals surface area contributed by atoms with Crippen molar-refractivity contribution in [2.24, 2.45) is 0 Å². The Labute approximate surface area is 118 Å². The van der Waals surface area contributed by atoms with Crippen molar-refractivity contribution in [2.75, 3.05) is 18.6 Å². The van der Waals surface area contributed by atoms with Gasteiger partial charge < -0.3 is 10.0 Å². The van der Waals surface area contributed by atoms with Gasteiger partial charge in [-0.05, 0) is 30.2 Å². The van der Waals surface area contributed by atoms with E-state index < -0.39 is 16.1 Å². The van der Waals surface area contributed by atoms with Crippen LogP contribution in [0, 0.1) is 0 Å². The van der Waals surface area contributed by atoms with Crippen LogP contribution in [0.2, 0.25) is 0 Å². The number of amides is 1. The molecule has 0 aliphatic carbocycles. The summed E-state index contributed by atoms with van der Waals surface area (Å²) in [7, 11) is -2.01. The van der Waals surface area contributed by atoms with Gasteiger partial charge in [-0.3, -0.25) is 4.79 Å². The van der Waals surface area contributed by atoms with Crippen molar-refractivity contribution in [3.05, 3.63) is 23.8 Å². The average Bonchev–Trinajstić information content (AvgIpc) is 2.71. The molecule has 7 heteroatoms. The summed E-state index contributed by atoms with van der Waals surface area (Å²) in [5, 5.41) is 9.08. The Hall–Kier alpha value is -1.44. The summed E-state index contributed by atoms with van der Waals surface area (Å²) in [6.07, 6.45) is 0.717. The molecule has 1 aliphatic heterocycles. The molecule has 0 spiro atoms. The largest absolute Gasteiger partial charge is 0.395 e. The second kappa shape index (κ2) is 5.51. The summed E-state index contributed by atoms with van der Waals surface area (Å²) in [6.45, 7) is 1.54. The highest BCUT2D eigenvalue weighted by atomic mass is 32.2. The van der Waals surface area contributed by atoms with E-state index in [1.54, 1.807) is 20.0 Å². The molecule has 110 valence electrons. The van der Waals surface area contributed by atoms with Crippen LogP contribution in [-0.4, -0.2) is 39.1 Å². The standard InChI is InChI=1S/C13H18N2O4S/c1-3-10(8-16)14-20(18,19)11-4-5-12-9(6-11)7-13(17)15(12)2/h4-6,10,14,16H,3,7-8H2,1-2H3. The summed E-state index contributed by atoms with van der Waals surface area (Å²) in [6, 6.07) is 4.12. The van der Waals surface area contributed by atoms with Crippen LogP contribution in [0.4, 0.5) is 5.69 Å². The quantitative estimate of drug-likeness (QED) is 0.816. The molecule has 1 unspecified atom stereocenters.